The third kappa shape index (κ3) is 4.52. The van der Waals surface area contributed by atoms with Gasteiger partial charge in [0.25, 0.3) is 0 Å². The Morgan fingerprint density at radius 3 is 2.59 bits per heavy atom. The number of hydrogen-bond acceptors (Lipinski definition) is 4. The lowest BCUT2D eigenvalue weighted by molar-refractivity contribution is 0.137. The van der Waals surface area contributed by atoms with Crippen molar-refractivity contribution in [3.8, 4) is 0 Å². The van der Waals surface area contributed by atoms with E-state index in [0.29, 0.717) is 11.9 Å². The van der Waals surface area contributed by atoms with E-state index in [1.54, 1.807) is 7.11 Å². The van der Waals surface area contributed by atoms with E-state index in [0.717, 1.165) is 26.1 Å². The molecule has 17 heavy (non-hydrogen) atoms. The molecule has 0 aromatic heterocycles. The van der Waals surface area contributed by atoms with Gasteiger partial charge in [0.15, 0.2) is 0 Å². The second-order valence-corrected chi connectivity index (χ2v) is 5.38. The van der Waals surface area contributed by atoms with E-state index in [1.807, 2.05) is 13.8 Å². The molecule has 0 aromatic rings. The van der Waals surface area contributed by atoms with E-state index >= 15 is 0 Å². The first-order valence-electron chi connectivity index (χ1n) is 6.22. The summed E-state index contributed by atoms with van der Waals surface area (Å²) in [5, 5.41) is 11.8. The molecule has 1 aliphatic carbocycles. The Bertz CT molecular complexity index is 262. The van der Waals surface area contributed by atoms with Crippen LogP contribution in [0.1, 0.15) is 33.1 Å². The summed E-state index contributed by atoms with van der Waals surface area (Å²) in [5.41, 5.74) is 5.43. The summed E-state index contributed by atoms with van der Waals surface area (Å²) in [7, 11) is 1.73. The van der Waals surface area contributed by atoms with Crippen LogP contribution in [0, 0.1) is 5.41 Å². The first-order valence-corrected chi connectivity index (χ1v) is 6.22. The van der Waals surface area contributed by atoms with Crippen molar-refractivity contribution >= 4 is 5.84 Å². The number of nitrogens with zero attached hydrogens (tertiary/aromatic N) is 2. The minimum Gasteiger partial charge on any atom is -0.409 e. The average molecular weight is 243 g/mol. The number of hydrogen-bond donors (Lipinski definition) is 2. The molecule has 0 spiro atoms. The molecule has 5 heteroatoms. The summed E-state index contributed by atoms with van der Waals surface area (Å²) in [6, 6.07) is 0.716. The Balaban J connectivity index is 2.40. The maximum atomic E-state index is 8.73. The lowest BCUT2D eigenvalue weighted by Gasteiger charge is -2.28. The first-order chi connectivity index (χ1) is 8.01. The summed E-state index contributed by atoms with van der Waals surface area (Å²) in [5.74, 6) is 0.306. The van der Waals surface area contributed by atoms with Crippen LogP contribution in [0.3, 0.4) is 0 Å². The lowest BCUT2D eigenvalue weighted by atomic mass is 9.88. The molecular formula is C12H25N3O2. The Morgan fingerprint density at radius 1 is 1.47 bits per heavy atom. The van der Waals surface area contributed by atoms with Gasteiger partial charge < -0.3 is 15.7 Å². The van der Waals surface area contributed by atoms with Gasteiger partial charge >= 0.3 is 0 Å². The minimum atomic E-state index is -0.255. The second kappa shape index (κ2) is 6.21. The first kappa shape index (κ1) is 14.3. The van der Waals surface area contributed by atoms with Crippen LogP contribution in [0.4, 0.5) is 0 Å². The van der Waals surface area contributed by atoms with Gasteiger partial charge in [-0.2, -0.15) is 0 Å². The normalized spacial score (nSPS) is 17.8. The maximum Gasteiger partial charge on any atom is 0.144 e. The molecule has 0 aliphatic heterocycles. The fourth-order valence-corrected chi connectivity index (χ4v) is 1.81. The fraction of sp³-hybridized carbons (Fsp3) is 0.917. The summed E-state index contributed by atoms with van der Waals surface area (Å²) in [6.07, 6.45) is 3.46. The Kier molecular flexibility index (Phi) is 5.21. The van der Waals surface area contributed by atoms with Gasteiger partial charge in [-0.25, -0.2) is 0 Å². The molecule has 0 radical (unpaired) electrons. The maximum absolute atomic E-state index is 8.73. The molecule has 0 saturated heterocycles. The molecule has 1 saturated carbocycles. The standard InChI is InChI=1S/C12H25N3O2/c1-12(2,11(13)14-16)6-7-15(8-9-17-3)10-4-5-10/h10,16H,4-9H2,1-3H3,(H2,13,14). The number of methoxy groups -OCH3 is 1. The van der Waals surface area contributed by atoms with Crippen LogP contribution >= 0.6 is 0 Å². The highest BCUT2D eigenvalue weighted by molar-refractivity contribution is 5.85. The number of oxime groups is 1. The summed E-state index contributed by atoms with van der Waals surface area (Å²) in [4.78, 5) is 2.44. The Hall–Kier alpha value is -0.810. The Morgan fingerprint density at radius 2 is 2.12 bits per heavy atom. The van der Waals surface area contributed by atoms with Crippen LogP contribution in [0.5, 0.6) is 0 Å². The zero-order valence-corrected chi connectivity index (χ0v) is 11.1. The molecule has 1 fully saturated rings. The number of amidine groups is 1. The quantitative estimate of drug-likeness (QED) is 0.291. The van der Waals surface area contributed by atoms with E-state index in [1.165, 1.54) is 12.8 Å². The van der Waals surface area contributed by atoms with Gasteiger partial charge in [0, 0.05) is 25.1 Å². The topological polar surface area (TPSA) is 71.1 Å². The fourth-order valence-electron chi connectivity index (χ4n) is 1.81. The molecule has 1 rings (SSSR count). The van der Waals surface area contributed by atoms with E-state index in [9.17, 15) is 0 Å². The predicted octanol–water partition coefficient (Wildman–Crippen LogP) is 1.26. The van der Waals surface area contributed by atoms with Gasteiger partial charge in [-0.05, 0) is 25.8 Å². The zero-order valence-electron chi connectivity index (χ0n) is 11.1. The molecular weight excluding hydrogens is 218 g/mol. The van der Waals surface area contributed by atoms with Crippen molar-refractivity contribution in [1.29, 1.82) is 0 Å². The van der Waals surface area contributed by atoms with Crippen LogP contribution in [0.15, 0.2) is 5.16 Å². The van der Waals surface area contributed by atoms with Crippen molar-refractivity contribution in [3.63, 3.8) is 0 Å². The third-order valence-corrected chi connectivity index (χ3v) is 3.47. The molecule has 0 aromatic carbocycles. The molecule has 0 bridgehead atoms. The summed E-state index contributed by atoms with van der Waals surface area (Å²) < 4.78 is 5.12. The zero-order chi connectivity index (χ0) is 12.9. The van der Waals surface area contributed by atoms with E-state index in [-0.39, 0.29) is 5.41 Å². The smallest absolute Gasteiger partial charge is 0.144 e. The van der Waals surface area contributed by atoms with E-state index in [4.69, 9.17) is 15.7 Å². The number of ether oxygens (including phenoxy) is 1. The van der Waals surface area contributed by atoms with Gasteiger partial charge in [0.1, 0.15) is 5.84 Å². The monoisotopic (exact) mass is 243 g/mol. The molecule has 3 N–H and O–H groups in total. The largest absolute Gasteiger partial charge is 0.409 e. The average Bonchev–Trinajstić information content (AvgIpc) is 3.12. The van der Waals surface area contributed by atoms with Gasteiger partial charge in [0.05, 0.1) is 6.61 Å². The Labute approximate surface area is 104 Å². The van der Waals surface area contributed by atoms with Gasteiger partial charge in [-0.1, -0.05) is 19.0 Å². The molecule has 1 aliphatic rings. The number of rotatable bonds is 8. The molecule has 0 unspecified atom stereocenters. The van der Waals surface area contributed by atoms with E-state index < -0.39 is 0 Å². The van der Waals surface area contributed by atoms with Gasteiger partial charge in [-0.15, -0.1) is 0 Å². The summed E-state index contributed by atoms with van der Waals surface area (Å²) in [6.45, 7) is 6.71. The minimum absolute atomic E-state index is 0.255. The van der Waals surface area contributed by atoms with Crippen molar-refractivity contribution in [3.05, 3.63) is 0 Å². The molecule has 0 heterocycles. The summed E-state index contributed by atoms with van der Waals surface area (Å²) >= 11 is 0. The van der Waals surface area contributed by atoms with Crippen LogP contribution in [0.25, 0.3) is 0 Å². The van der Waals surface area contributed by atoms with Gasteiger partial charge in [-0.3, -0.25) is 4.90 Å². The van der Waals surface area contributed by atoms with Crippen molar-refractivity contribution in [2.45, 2.75) is 39.2 Å². The van der Waals surface area contributed by atoms with Crippen molar-refractivity contribution < 1.29 is 9.94 Å². The highest BCUT2D eigenvalue weighted by atomic mass is 16.5. The van der Waals surface area contributed by atoms with Crippen molar-refractivity contribution in [2.75, 3.05) is 26.8 Å². The third-order valence-electron chi connectivity index (χ3n) is 3.47. The highest BCUT2D eigenvalue weighted by Gasteiger charge is 2.31. The van der Waals surface area contributed by atoms with E-state index in [2.05, 4.69) is 10.1 Å². The highest BCUT2D eigenvalue weighted by Crippen LogP contribution is 2.29. The SMILES string of the molecule is COCCN(CCC(C)(C)C(N)=NO)C1CC1. The molecule has 100 valence electrons. The number of nitrogens with two attached hydrogens (primary N) is 1. The molecule has 0 atom stereocenters. The molecule has 0 amide bonds. The van der Waals surface area contributed by atoms with Crippen LogP contribution in [-0.2, 0) is 4.74 Å². The van der Waals surface area contributed by atoms with Crippen molar-refractivity contribution in [1.82, 2.24) is 4.90 Å². The lowest BCUT2D eigenvalue weighted by Crippen LogP contribution is -2.38. The molecule has 5 nitrogen and oxygen atoms in total. The van der Waals surface area contributed by atoms with Crippen molar-refractivity contribution in [2.24, 2.45) is 16.3 Å². The van der Waals surface area contributed by atoms with Crippen LogP contribution < -0.4 is 5.73 Å². The predicted molar refractivity (Wildman–Crippen MR) is 68.3 cm³/mol. The van der Waals surface area contributed by atoms with Crippen LogP contribution in [-0.4, -0.2) is 48.8 Å². The van der Waals surface area contributed by atoms with Gasteiger partial charge in [0.2, 0.25) is 0 Å². The second-order valence-electron chi connectivity index (χ2n) is 5.38. The van der Waals surface area contributed by atoms with Crippen LogP contribution in [0.2, 0.25) is 0 Å².